The number of hydrogen-bond donors (Lipinski definition) is 1. The lowest BCUT2D eigenvalue weighted by Gasteiger charge is -2.27. The molecule has 1 heterocycles. The van der Waals surface area contributed by atoms with Crippen molar-refractivity contribution in [3.63, 3.8) is 0 Å². The van der Waals surface area contributed by atoms with Crippen LogP contribution in [0, 0.1) is 19.8 Å². The predicted octanol–water partition coefficient (Wildman–Crippen LogP) is 5.94. The van der Waals surface area contributed by atoms with Crippen LogP contribution in [0.25, 0.3) is 6.08 Å². The highest BCUT2D eigenvalue weighted by Gasteiger charge is 2.31. The lowest BCUT2D eigenvalue weighted by molar-refractivity contribution is -0.131. The van der Waals surface area contributed by atoms with Crippen LogP contribution < -0.4 is 9.04 Å². The molecule has 3 aromatic rings. The molecule has 0 aliphatic heterocycles. The zero-order valence-electron chi connectivity index (χ0n) is 19.9. The standard InChI is InChI=1S/C25H27ClN2O5S2/c1-16(2)13-28(35(31,32)25-27-18(4)15-34-25)22-12-21(26)17(3)11-23(22)33-14-20-7-5-19(6-8-20)9-10-24(29)30/h5-12,15-16H,13-14H2,1-4H3,(H,29,30). The highest BCUT2D eigenvalue weighted by molar-refractivity contribution is 7.94. The Bertz CT molecular complexity index is 1330. The van der Waals surface area contributed by atoms with E-state index in [1.807, 2.05) is 32.9 Å². The summed E-state index contributed by atoms with van der Waals surface area (Å²) in [5.41, 5.74) is 3.32. The number of benzene rings is 2. The van der Waals surface area contributed by atoms with Crippen LogP contribution in [0.2, 0.25) is 5.02 Å². The van der Waals surface area contributed by atoms with Gasteiger partial charge in [-0.2, -0.15) is 8.42 Å². The summed E-state index contributed by atoms with van der Waals surface area (Å²) >= 11 is 7.50. The predicted molar refractivity (Wildman–Crippen MR) is 140 cm³/mol. The van der Waals surface area contributed by atoms with Crippen LogP contribution in [0.5, 0.6) is 5.75 Å². The van der Waals surface area contributed by atoms with Crippen LogP contribution in [-0.4, -0.2) is 31.0 Å². The molecular formula is C25H27ClN2O5S2. The van der Waals surface area contributed by atoms with Gasteiger partial charge in [0.1, 0.15) is 12.4 Å². The number of aryl methyl sites for hydroxylation is 2. The molecule has 0 amide bonds. The number of halogens is 1. The second-order valence-electron chi connectivity index (χ2n) is 8.46. The summed E-state index contributed by atoms with van der Waals surface area (Å²) in [6, 6.07) is 10.6. The van der Waals surface area contributed by atoms with E-state index in [0.717, 1.165) is 34.1 Å². The van der Waals surface area contributed by atoms with Gasteiger partial charge in [0, 0.05) is 28.7 Å². The van der Waals surface area contributed by atoms with Gasteiger partial charge in [0.15, 0.2) is 0 Å². The van der Waals surface area contributed by atoms with Gasteiger partial charge in [-0.15, -0.1) is 11.3 Å². The molecule has 0 bridgehead atoms. The topological polar surface area (TPSA) is 96.8 Å². The molecule has 0 spiro atoms. The number of ether oxygens (including phenoxy) is 1. The molecule has 35 heavy (non-hydrogen) atoms. The summed E-state index contributed by atoms with van der Waals surface area (Å²) in [5.74, 6) is -0.596. The molecule has 186 valence electrons. The van der Waals surface area contributed by atoms with Crippen LogP contribution >= 0.6 is 22.9 Å². The van der Waals surface area contributed by atoms with Gasteiger partial charge in [-0.1, -0.05) is 49.7 Å². The molecular weight excluding hydrogens is 508 g/mol. The smallest absolute Gasteiger partial charge is 0.328 e. The molecule has 0 saturated carbocycles. The van der Waals surface area contributed by atoms with Gasteiger partial charge in [0.05, 0.1) is 5.69 Å². The molecule has 0 saturated heterocycles. The number of aliphatic carboxylic acids is 1. The van der Waals surface area contributed by atoms with Gasteiger partial charge in [-0.25, -0.2) is 9.78 Å². The van der Waals surface area contributed by atoms with E-state index in [-0.39, 0.29) is 23.4 Å². The van der Waals surface area contributed by atoms with Gasteiger partial charge in [0.2, 0.25) is 4.34 Å². The minimum atomic E-state index is -3.94. The van der Waals surface area contributed by atoms with E-state index in [2.05, 4.69) is 4.98 Å². The fraction of sp³-hybridized carbons (Fsp3) is 0.280. The van der Waals surface area contributed by atoms with E-state index >= 15 is 0 Å². The number of aromatic nitrogens is 1. The highest BCUT2D eigenvalue weighted by Crippen LogP contribution is 2.38. The van der Waals surface area contributed by atoms with Crippen molar-refractivity contribution in [2.24, 2.45) is 5.92 Å². The first kappa shape index (κ1) is 26.7. The number of rotatable bonds is 10. The highest BCUT2D eigenvalue weighted by atomic mass is 35.5. The Hall–Kier alpha value is -2.88. The lowest BCUT2D eigenvalue weighted by Crippen LogP contribution is -2.34. The molecule has 0 radical (unpaired) electrons. The summed E-state index contributed by atoms with van der Waals surface area (Å²) in [6.45, 7) is 7.86. The lowest BCUT2D eigenvalue weighted by atomic mass is 10.1. The first-order valence-corrected chi connectivity index (χ1v) is 13.5. The first-order valence-electron chi connectivity index (χ1n) is 10.8. The van der Waals surface area contributed by atoms with E-state index < -0.39 is 16.0 Å². The number of hydrogen-bond acceptors (Lipinski definition) is 6. The summed E-state index contributed by atoms with van der Waals surface area (Å²) in [5, 5.41) is 10.9. The Morgan fingerprint density at radius 2 is 1.91 bits per heavy atom. The number of nitrogens with zero attached hydrogens (tertiary/aromatic N) is 2. The Balaban J connectivity index is 1.96. The van der Waals surface area contributed by atoms with Crippen LogP contribution in [0.15, 0.2) is 52.2 Å². The van der Waals surface area contributed by atoms with E-state index in [4.69, 9.17) is 21.4 Å². The quantitative estimate of drug-likeness (QED) is 0.323. The number of carbonyl (C=O) groups is 1. The zero-order valence-corrected chi connectivity index (χ0v) is 22.2. The molecule has 2 aromatic carbocycles. The summed E-state index contributed by atoms with van der Waals surface area (Å²) < 4.78 is 34.6. The maximum absolute atomic E-state index is 13.6. The van der Waals surface area contributed by atoms with Crippen molar-refractivity contribution < 1.29 is 23.1 Å². The molecule has 0 aliphatic carbocycles. The van der Waals surface area contributed by atoms with Gasteiger partial charge in [-0.05, 0) is 54.7 Å². The SMILES string of the molecule is Cc1csc(S(=O)(=O)N(CC(C)C)c2cc(Cl)c(C)cc2OCc2ccc(C=CC(=O)O)cc2)n1. The van der Waals surface area contributed by atoms with E-state index in [9.17, 15) is 13.2 Å². The molecule has 0 fully saturated rings. The van der Waals surface area contributed by atoms with Gasteiger partial charge in [0.25, 0.3) is 10.0 Å². The summed E-state index contributed by atoms with van der Waals surface area (Å²) in [4.78, 5) is 14.9. The van der Waals surface area contributed by atoms with Crippen molar-refractivity contribution >= 4 is 50.7 Å². The third-order valence-corrected chi connectivity index (χ3v) is 8.48. The zero-order chi connectivity index (χ0) is 25.8. The second-order valence-corrected chi connectivity index (χ2v) is 11.8. The molecule has 0 unspecified atom stereocenters. The van der Waals surface area contributed by atoms with Crippen molar-refractivity contribution in [2.75, 3.05) is 10.8 Å². The van der Waals surface area contributed by atoms with Crippen LogP contribution in [0.1, 0.15) is 36.2 Å². The Labute approximate surface area is 214 Å². The number of carboxylic acids is 1. The third-order valence-electron chi connectivity index (χ3n) is 4.94. The Morgan fingerprint density at radius 3 is 2.49 bits per heavy atom. The molecule has 10 heteroatoms. The largest absolute Gasteiger partial charge is 0.487 e. The van der Waals surface area contributed by atoms with E-state index in [1.54, 1.807) is 36.6 Å². The van der Waals surface area contributed by atoms with Gasteiger partial charge < -0.3 is 9.84 Å². The van der Waals surface area contributed by atoms with Crippen LogP contribution in [-0.2, 0) is 21.4 Å². The fourth-order valence-corrected chi connectivity index (χ4v) is 6.13. The monoisotopic (exact) mass is 534 g/mol. The Kier molecular flexibility index (Phi) is 8.58. The molecule has 1 aromatic heterocycles. The first-order chi connectivity index (χ1) is 16.5. The second kappa shape index (κ2) is 11.2. The fourth-order valence-electron chi connectivity index (χ4n) is 3.21. The van der Waals surface area contributed by atoms with Gasteiger partial charge in [-0.3, -0.25) is 4.31 Å². The average Bonchev–Trinajstić information content (AvgIpc) is 3.24. The van der Waals surface area contributed by atoms with Gasteiger partial charge >= 0.3 is 5.97 Å². The number of anilines is 1. The van der Waals surface area contributed by atoms with E-state index in [1.165, 1.54) is 10.4 Å². The van der Waals surface area contributed by atoms with Crippen molar-refractivity contribution in [1.82, 2.24) is 4.98 Å². The van der Waals surface area contributed by atoms with Crippen molar-refractivity contribution in [3.05, 3.63) is 75.3 Å². The number of carboxylic acid groups (broad SMARTS) is 1. The van der Waals surface area contributed by atoms with Crippen molar-refractivity contribution in [2.45, 2.75) is 38.6 Å². The molecule has 1 N–H and O–H groups in total. The Morgan fingerprint density at radius 1 is 1.23 bits per heavy atom. The molecule has 3 rings (SSSR count). The normalized spacial score (nSPS) is 11.8. The summed E-state index contributed by atoms with van der Waals surface area (Å²) in [6.07, 6.45) is 2.57. The van der Waals surface area contributed by atoms with E-state index in [0.29, 0.717) is 22.2 Å². The van der Waals surface area contributed by atoms with Crippen molar-refractivity contribution in [3.8, 4) is 5.75 Å². The molecule has 7 nitrogen and oxygen atoms in total. The molecule has 0 aliphatic rings. The maximum atomic E-state index is 13.6. The number of thiazole rings is 1. The maximum Gasteiger partial charge on any atom is 0.328 e. The van der Waals surface area contributed by atoms with Crippen molar-refractivity contribution in [1.29, 1.82) is 0 Å². The minimum absolute atomic E-state index is 0.0169. The van der Waals surface area contributed by atoms with Crippen LogP contribution in [0.3, 0.4) is 0 Å². The average molecular weight is 535 g/mol. The molecule has 0 atom stereocenters. The van der Waals surface area contributed by atoms with Crippen LogP contribution in [0.4, 0.5) is 5.69 Å². The third kappa shape index (κ3) is 6.84. The summed E-state index contributed by atoms with van der Waals surface area (Å²) in [7, 11) is -3.94. The minimum Gasteiger partial charge on any atom is -0.487 e. The number of sulfonamides is 1.